The smallest absolute Gasteiger partial charge is 0.0748 e. The second-order valence-electron chi connectivity index (χ2n) is 6.11. The van der Waals surface area contributed by atoms with Gasteiger partial charge in [-0.1, -0.05) is 23.8 Å². The Labute approximate surface area is 115 Å². The molecule has 3 aliphatic heterocycles. The molecule has 4 rings (SSSR count). The van der Waals surface area contributed by atoms with Crippen LogP contribution < -0.4 is 0 Å². The summed E-state index contributed by atoms with van der Waals surface area (Å²) in [5.74, 6) is 0. The standard InChI is InChI=1S/C16H24N2O/c1-12-3-4-13(2)14(9-12)10-16(19)15-11-17-5-7-18(15)8-6-17/h3-4,9,15-16,19H,5-8,10-11H2,1-2H3. The van der Waals surface area contributed by atoms with Crippen LogP contribution in [0.25, 0.3) is 0 Å². The molecule has 3 aliphatic rings. The largest absolute Gasteiger partial charge is 0.391 e. The zero-order valence-electron chi connectivity index (χ0n) is 12.0. The van der Waals surface area contributed by atoms with Crippen LogP contribution in [0, 0.1) is 13.8 Å². The van der Waals surface area contributed by atoms with E-state index in [1.54, 1.807) is 0 Å². The van der Waals surface area contributed by atoms with Crippen molar-refractivity contribution in [1.29, 1.82) is 0 Å². The van der Waals surface area contributed by atoms with Crippen LogP contribution in [0.2, 0.25) is 0 Å². The van der Waals surface area contributed by atoms with Gasteiger partial charge in [-0.2, -0.15) is 0 Å². The normalized spacial score (nSPS) is 31.4. The molecule has 0 aromatic heterocycles. The summed E-state index contributed by atoms with van der Waals surface area (Å²) in [5, 5.41) is 10.6. The molecule has 0 saturated carbocycles. The summed E-state index contributed by atoms with van der Waals surface area (Å²) in [6.07, 6.45) is 0.534. The van der Waals surface area contributed by atoms with Crippen molar-refractivity contribution in [3.8, 4) is 0 Å². The van der Waals surface area contributed by atoms with Gasteiger partial charge in [0.2, 0.25) is 0 Å². The number of aryl methyl sites for hydroxylation is 2. The van der Waals surface area contributed by atoms with Gasteiger partial charge in [-0.3, -0.25) is 9.80 Å². The predicted molar refractivity (Wildman–Crippen MR) is 77.4 cm³/mol. The summed E-state index contributed by atoms with van der Waals surface area (Å²) in [5.41, 5.74) is 3.87. The minimum atomic E-state index is -0.247. The van der Waals surface area contributed by atoms with E-state index in [-0.39, 0.29) is 6.10 Å². The quantitative estimate of drug-likeness (QED) is 0.885. The van der Waals surface area contributed by atoms with Gasteiger partial charge in [0.25, 0.3) is 0 Å². The van der Waals surface area contributed by atoms with Crippen molar-refractivity contribution in [2.45, 2.75) is 32.4 Å². The fourth-order valence-electron chi connectivity index (χ4n) is 3.40. The van der Waals surface area contributed by atoms with Gasteiger partial charge in [0.15, 0.2) is 0 Å². The van der Waals surface area contributed by atoms with Crippen LogP contribution in [-0.2, 0) is 6.42 Å². The second kappa shape index (κ2) is 5.23. The predicted octanol–water partition coefficient (Wildman–Crippen LogP) is 1.21. The van der Waals surface area contributed by atoms with Gasteiger partial charge < -0.3 is 5.11 Å². The van der Waals surface area contributed by atoms with Crippen LogP contribution in [-0.4, -0.2) is 59.8 Å². The van der Waals surface area contributed by atoms with E-state index in [0.29, 0.717) is 6.04 Å². The van der Waals surface area contributed by atoms with E-state index < -0.39 is 0 Å². The monoisotopic (exact) mass is 260 g/mol. The number of nitrogens with zero attached hydrogens (tertiary/aromatic N) is 2. The number of aliphatic hydroxyl groups excluding tert-OH is 1. The van der Waals surface area contributed by atoms with E-state index >= 15 is 0 Å². The van der Waals surface area contributed by atoms with Crippen molar-refractivity contribution >= 4 is 0 Å². The molecule has 2 unspecified atom stereocenters. The first kappa shape index (κ1) is 13.1. The number of hydrogen-bond acceptors (Lipinski definition) is 3. The summed E-state index contributed by atoms with van der Waals surface area (Å²) < 4.78 is 0. The Kier molecular flexibility index (Phi) is 3.61. The summed E-state index contributed by atoms with van der Waals surface area (Å²) in [6.45, 7) is 9.87. The fraction of sp³-hybridized carbons (Fsp3) is 0.625. The highest BCUT2D eigenvalue weighted by atomic mass is 16.3. The molecule has 2 atom stereocenters. The highest BCUT2D eigenvalue weighted by molar-refractivity contribution is 5.31. The topological polar surface area (TPSA) is 26.7 Å². The minimum absolute atomic E-state index is 0.247. The molecule has 3 fully saturated rings. The Bertz CT molecular complexity index is 452. The Hall–Kier alpha value is -0.900. The zero-order valence-corrected chi connectivity index (χ0v) is 12.0. The van der Waals surface area contributed by atoms with Crippen LogP contribution in [0.3, 0.4) is 0 Å². The summed E-state index contributed by atoms with van der Waals surface area (Å²) in [6, 6.07) is 6.84. The molecule has 104 valence electrons. The first-order valence-corrected chi connectivity index (χ1v) is 7.34. The molecule has 3 heteroatoms. The average molecular weight is 260 g/mol. The molecule has 1 N–H and O–H groups in total. The molecule has 19 heavy (non-hydrogen) atoms. The van der Waals surface area contributed by atoms with Crippen LogP contribution in [0.1, 0.15) is 16.7 Å². The van der Waals surface area contributed by atoms with E-state index in [1.165, 1.54) is 29.8 Å². The zero-order chi connectivity index (χ0) is 13.4. The molecule has 1 aromatic carbocycles. The Balaban J connectivity index is 1.71. The minimum Gasteiger partial charge on any atom is -0.391 e. The van der Waals surface area contributed by atoms with Crippen molar-refractivity contribution in [3.05, 3.63) is 34.9 Å². The number of hydrogen-bond donors (Lipinski definition) is 1. The second-order valence-corrected chi connectivity index (χ2v) is 6.11. The molecule has 0 spiro atoms. The molecule has 3 saturated heterocycles. The van der Waals surface area contributed by atoms with Gasteiger partial charge in [0, 0.05) is 45.2 Å². The first-order chi connectivity index (χ1) is 9.13. The fourth-order valence-corrected chi connectivity index (χ4v) is 3.40. The van der Waals surface area contributed by atoms with Gasteiger partial charge in [0.1, 0.15) is 0 Å². The third-order valence-electron chi connectivity index (χ3n) is 4.70. The Morgan fingerprint density at radius 2 is 1.95 bits per heavy atom. The lowest BCUT2D eigenvalue weighted by Gasteiger charge is -2.49. The lowest BCUT2D eigenvalue weighted by Crippen LogP contribution is -2.64. The molecule has 0 radical (unpaired) electrons. The van der Waals surface area contributed by atoms with Crippen molar-refractivity contribution in [2.24, 2.45) is 0 Å². The van der Waals surface area contributed by atoms with Crippen LogP contribution in [0.4, 0.5) is 0 Å². The summed E-state index contributed by atoms with van der Waals surface area (Å²) >= 11 is 0. The number of aliphatic hydroxyl groups is 1. The lowest BCUT2D eigenvalue weighted by atomic mass is 9.94. The molecule has 3 nitrogen and oxygen atoms in total. The number of benzene rings is 1. The Morgan fingerprint density at radius 3 is 2.58 bits per heavy atom. The molecule has 0 aliphatic carbocycles. The molecule has 2 bridgehead atoms. The molecule has 1 aromatic rings. The van der Waals surface area contributed by atoms with Gasteiger partial charge in [0.05, 0.1) is 6.10 Å². The van der Waals surface area contributed by atoms with Crippen LogP contribution in [0.15, 0.2) is 18.2 Å². The van der Waals surface area contributed by atoms with E-state index in [1.807, 2.05) is 0 Å². The third-order valence-corrected chi connectivity index (χ3v) is 4.70. The lowest BCUT2D eigenvalue weighted by molar-refractivity contribution is -0.0453. The van der Waals surface area contributed by atoms with E-state index in [4.69, 9.17) is 0 Å². The Morgan fingerprint density at radius 1 is 1.21 bits per heavy atom. The van der Waals surface area contributed by atoms with E-state index in [2.05, 4.69) is 41.8 Å². The molecular weight excluding hydrogens is 236 g/mol. The van der Waals surface area contributed by atoms with Crippen molar-refractivity contribution in [1.82, 2.24) is 9.80 Å². The average Bonchev–Trinajstić information content (AvgIpc) is 2.44. The summed E-state index contributed by atoms with van der Waals surface area (Å²) in [7, 11) is 0. The van der Waals surface area contributed by atoms with Gasteiger partial charge >= 0.3 is 0 Å². The number of piperazine rings is 3. The number of rotatable bonds is 3. The maximum atomic E-state index is 10.6. The summed E-state index contributed by atoms with van der Waals surface area (Å²) in [4.78, 5) is 4.95. The molecular formula is C16H24N2O. The molecule has 3 heterocycles. The highest BCUT2D eigenvalue weighted by Gasteiger charge is 2.35. The SMILES string of the molecule is Cc1ccc(C)c(CC(O)C2CN3CCN2CC3)c1. The van der Waals surface area contributed by atoms with Crippen molar-refractivity contribution < 1.29 is 5.11 Å². The molecule has 0 amide bonds. The van der Waals surface area contributed by atoms with Gasteiger partial charge in [-0.15, -0.1) is 0 Å². The first-order valence-electron chi connectivity index (χ1n) is 7.34. The maximum absolute atomic E-state index is 10.6. The van der Waals surface area contributed by atoms with Crippen LogP contribution in [0.5, 0.6) is 0 Å². The van der Waals surface area contributed by atoms with Crippen molar-refractivity contribution in [2.75, 3.05) is 32.7 Å². The van der Waals surface area contributed by atoms with Gasteiger partial charge in [-0.25, -0.2) is 0 Å². The number of fused-ring (bicyclic) bond motifs is 3. The highest BCUT2D eigenvalue weighted by Crippen LogP contribution is 2.21. The van der Waals surface area contributed by atoms with Crippen molar-refractivity contribution in [3.63, 3.8) is 0 Å². The third kappa shape index (κ3) is 2.69. The van der Waals surface area contributed by atoms with Gasteiger partial charge in [-0.05, 0) is 25.0 Å². The van der Waals surface area contributed by atoms with E-state index in [0.717, 1.165) is 26.1 Å². The van der Waals surface area contributed by atoms with Crippen LogP contribution >= 0.6 is 0 Å². The maximum Gasteiger partial charge on any atom is 0.0748 e. The van der Waals surface area contributed by atoms with E-state index in [9.17, 15) is 5.11 Å².